The van der Waals surface area contributed by atoms with Crippen LogP contribution in [0.25, 0.3) is 0 Å². The number of rotatable bonds is 8. The average molecular weight is 478 g/mol. The quantitative estimate of drug-likeness (QED) is 0.255. The first-order chi connectivity index (χ1) is 16.2. The van der Waals surface area contributed by atoms with Gasteiger partial charge in [0.15, 0.2) is 33.7 Å². The zero-order valence-corrected chi connectivity index (χ0v) is 19.7. The lowest BCUT2D eigenvalue weighted by molar-refractivity contribution is 0.0821. The van der Waals surface area contributed by atoms with Crippen molar-refractivity contribution < 1.29 is 9.47 Å². The van der Waals surface area contributed by atoms with Crippen LogP contribution >= 0.6 is 23.1 Å². The van der Waals surface area contributed by atoms with Crippen molar-refractivity contribution in [3.05, 3.63) is 83.6 Å². The highest BCUT2D eigenvalue weighted by atomic mass is 32.2. The highest BCUT2D eigenvalue weighted by Gasteiger charge is 2.28. The standard InChI is InChI=1S/C24H23N5O2S2/c1-3-12-29-22(21-13-30-19-10-6-7-11-20(19)31-21)27-28-24(29)33-15-17-14-32-23(25-17)26-18-9-5-4-8-16(18)2/h3-11,14,21H,1,12-13,15H2,2H3,(H,25,26)/t21-/m0/s1. The van der Waals surface area contributed by atoms with E-state index in [4.69, 9.17) is 14.5 Å². The summed E-state index contributed by atoms with van der Waals surface area (Å²) in [5.41, 5.74) is 3.24. The van der Waals surface area contributed by atoms with Gasteiger partial charge in [-0.15, -0.1) is 28.1 Å². The Morgan fingerprint density at radius 3 is 2.85 bits per heavy atom. The fourth-order valence-electron chi connectivity index (χ4n) is 3.49. The molecule has 2 aromatic carbocycles. The van der Waals surface area contributed by atoms with Gasteiger partial charge >= 0.3 is 0 Å². The van der Waals surface area contributed by atoms with Crippen molar-refractivity contribution in [3.8, 4) is 11.5 Å². The fraction of sp³-hybridized carbons (Fsp3) is 0.208. The summed E-state index contributed by atoms with van der Waals surface area (Å²) in [6.45, 7) is 6.94. The molecule has 1 N–H and O–H groups in total. The Labute approximate surface area is 200 Å². The molecule has 9 heteroatoms. The van der Waals surface area contributed by atoms with E-state index in [1.807, 2.05) is 47.0 Å². The Morgan fingerprint density at radius 1 is 1.18 bits per heavy atom. The largest absolute Gasteiger partial charge is 0.485 e. The molecular formula is C24H23N5O2S2. The lowest BCUT2D eigenvalue weighted by Crippen LogP contribution is -2.25. The lowest BCUT2D eigenvalue weighted by Gasteiger charge is -2.26. The summed E-state index contributed by atoms with van der Waals surface area (Å²) < 4.78 is 14.0. The number of aromatic nitrogens is 4. The Morgan fingerprint density at radius 2 is 2.00 bits per heavy atom. The molecule has 7 nitrogen and oxygen atoms in total. The first kappa shape index (κ1) is 21.5. The molecule has 1 aliphatic rings. The van der Waals surface area contributed by atoms with Gasteiger partial charge in [-0.3, -0.25) is 4.57 Å². The number of thioether (sulfide) groups is 1. The number of hydrogen-bond acceptors (Lipinski definition) is 8. The van der Waals surface area contributed by atoms with Crippen LogP contribution in [0.15, 0.2) is 71.7 Å². The van der Waals surface area contributed by atoms with Crippen LogP contribution in [-0.2, 0) is 12.3 Å². The summed E-state index contributed by atoms with van der Waals surface area (Å²) in [6, 6.07) is 15.8. The second kappa shape index (κ2) is 9.68. The Hall–Kier alpha value is -3.30. The minimum Gasteiger partial charge on any atom is -0.485 e. The first-order valence-electron chi connectivity index (χ1n) is 10.5. The predicted molar refractivity (Wildman–Crippen MR) is 132 cm³/mol. The van der Waals surface area contributed by atoms with Gasteiger partial charge in [0.05, 0.1) is 5.69 Å². The molecule has 0 saturated carbocycles. The second-order valence-corrected chi connectivity index (χ2v) is 9.28. The molecule has 0 saturated heterocycles. The third-order valence-corrected chi connectivity index (χ3v) is 6.95. The zero-order chi connectivity index (χ0) is 22.6. The Bertz CT molecular complexity index is 1270. The van der Waals surface area contributed by atoms with Crippen molar-refractivity contribution in [2.75, 3.05) is 11.9 Å². The number of aryl methyl sites for hydroxylation is 1. The first-order valence-corrected chi connectivity index (χ1v) is 12.4. The van der Waals surface area contributed by atoms with Crippen LogP contribution in [0, 0.1) is 6.92 Å². The van der Waals surface area contributed by atoms with Crippen molar-refractivity contribution in [2.24, 2.45) is 0 Å². The van der Waals surface area contributed by atoms with E-state index in [1.165, 1.54) is 5.56 Å². The van der Waals surface area contributed by atoms with Gasteiger partial charge in [0.25, 0.3) is 0 Å². The summed E-state index contributed by atoms with van der Waals surface area (Å²) in [5.74, 6) is 2.88. The van der Waals surface area contributed by atoms with Gasteiger partial charge in [-0.2, -0.15) is 0 Å². The van der Waals surface area contributed by atoms with Gasteiger partial charge < -0.3 is 14.8 Å². The van der Waals surface area contributed by atoms with Gasteiger partial charge in [-0.1, -0.05) is 48.2 Å². The third kappa shape index (κ3) is 4.74. The topological polar surface area (TPSA) is 74.1 Å². The van der Waals surface area contributed by atoms with Crippen molar-refractivity contribution in [1.29, 1.82) is 0 Å². The van der Waals surface area contributed by atoms with Crippen molar-refractivity contribution in [2.45, 2.75) is 30.5 Å². The SMILES string of the molecule is C=CCn1c(SCc2csc(Nc3ccccc3C)n2)nnc1[C@@H]1COc2ccccc2O1. The molecular weight excluding hydrogens is 454 g/mol. The molecule has 33 heavy (non-hydrogen) atoms. The van der Waals surface area contributed by atoms with Gasteiger partial charge in [0.2, 0.25) is 0 Å². The summed E-state index contributed by atoms with van der Waals surface area (Å²) in [7, 11) is 0. The molecule has 1 atom stereocenters. The van der Waals surface area contributed by atoms with Crippen LogP contribution < -0.4 is 14.8 Å². The third-order valence-electron chi connectivity index (χ3n) is 5.14. The van der Waals surface area contributed by atoms with Crippen molar-refractivity contribution in [1.82, 2.24) is 19.7 Å². The van der Waals surface area contributed by atoms with E-state index in [1.54, 1.807) is 23.1 Å². The molecule has 5 rings (SSSR count). The molecule has 0 radical (unpaired) electrons. The van der Waals surface area contributed by atoms with Crippen LogP contribution in [0.3, 0.4) is 0 Å². The maximum absolute atomic E-state index is 6.14. The van der Waals surface area contributed by atoms with E-state index in [0.717, 1.165) is 33.2 Å². The number of para-hydroxylation sites is 3. The smallest absolute Gasteiger partial charge is 0.192 e. The molecule has 2 aromatic heterocycles. The van der Waals surface area contributed by atoms with Crippen molar-refractivity contribution >= 4 is 33.9 Å². The molecule has 3 heterocycles. The van der Waals surface area contributed by atoms with Crippen LogP contribution in [0.5, 0.6) is 11.5 Å². The van der Waals surface area contributed by atoms with Crippen LogP contribution in [0.4, 0.5) is 10.8 Å². The molecule has 0 aliphatic carbocycles. The number of ether oxygens (including phenoxy) is 2. The van der Waals surface area contributed by atoms with E-state index in [9.17, 15) is 0 Å². The highest BCUT2D eigenvalue weighted by Crippen LogP contribution is 2.36. The minimum absolute atomic E-state index is 0.328. The van der Waals surface area contributed by atoms with E-state index in [-0.39, 0.29) is 6.10 Å². The number of anilines is 2. The number of nitrogens with zero attached hydrogens (tertiary/aromatic N) is 4. The fourth-order valence-corrected chi connectivity index (χ4v) is 5.17. The molecule has 0 spiro atoms. The van der Waals surface area contributed by atoms with E-state index in [2.05, 4.69) is 46.5 Å². The number of nitrogens with one attached hydrogen (secondary N) is 1. The Balaban J connectivity index is 1.28. The van der Waals surface area contributed by atoms with Gasteiger partial charge in [-0.25, -0.2) is 4.98 Å². The van der Waals surface area contributed by atoms with Gasteiger partial charge in [-0.05, 0) is 30.7 Å². The second-order valence-electron chi connectivity index (χ2n) is 7.48. The Kier molecular flexibility index (Phi) is 6.32. The molecule has 0 bridgehead atoms. The molecule has 4 aromatic rings. The summed E-state index contributed by atoms with van der Waals surface area (Å²) in [5, 5.41) is 16.0. The van der Waals surface area contributed by atoms with E-state index in [0.29, 0.717) is 24.7 Å². The normalized spacial score (nSPS) is 14.8. The average Bonchev–Trinajstić information content (AvgIpc) is 3.46. The van der Waals surface area contributed by atoms with Crippen LogP contribution in [0.2, 0.25) is 0 Å². The number of allylic oxidation sites excluding steroid dienone is 1. The molecule has 0 amide bonds. The van der Waals surface area contributed by atoms with Gasteiger partial charge in [0, 0.05) is 23.4 Å². The van der Waals surface area contributed by atoms with E-state index < -0.39 is 0 Å². The van der Waals surface area contributed by atoms with Crippen LogP contribution in [0.1, 0.15) is 23.2 Å². The number of thiazole rings is 1. The molecule has 168 valence electrons. The van der Waals surface area contributed by atoms with Gasteiger partial charge in [0.1, 0.15) is 6.61 Å². The monoisotopic (exact) mass is 477 g/mol. The molecule has 0 unspecified atom stereocenters. The summed E-state index contributed by atoms with van der Waals surface area (Å²) in [6.07, 6.45) is 1.51. The van der Waals surface area contributed by atoms with E-state index >= 15 is 0 Å². The number of fused-ring (bicyclic) bond motifs is 1. The minimum atomic E-state index is -0.328. The lowest BCUT2D eigenvalue weighted by atomic mass is 10.2. The summed E-state index contributed by atoms with van der Waals surface area (Å²) in [4.78, 5) is 4.72. The molecule has 1 aliphatic heterocycles. The van der Waals surface area contributed by atoms with Crippen molar-refractivity contribution in [3.63, 3.8) is 0 Å². The number of benzene rings is 2. The predicted octanol–water partition coefficient (Wildman–Crippen LogP) is 5.78. The maximum atomic E-state index is 6.14. The van der Waals surface area contributed by atoms with Crippen LogP contribution in [-0.4, -0.2) is 26.4 Å². The molecule has 0 fully saturated rings. The maximum Gasteiger partial charge on any atom is 0.192 e. The number of hydrogen-bond donors (Lipinski definition) is 1. The summed E-state index contributed by atoms with van der Waals surface area (Å²) >= 11 is 3.19. The highest BCUT2D eigenvalue weighted by molar-refractivity contribution is 7.98. The zero-order valence-electron chi connectivity index (χ0n) is 18.1.